The number of aromatic nitrogens is 2. The van der Waals surface area contributed by atoms with Crippen LogP contribution in [0.4, 0.5) is 0 Å². The highest BCUT2D eigenvalue weighted by molar-refractivity contribution is 6.07. The van der Waals surface area contributed by atoms with E-state index in [1.54, 1.807) is 30.1 Å². The van der Waals surface area contributed by atoms with Crippen molar-refractivity contribution in [1.82, 2.24) is 9.78 Å². The third kappa shape index (κ3) is 3.13. The van der Waals surface area contributed by atoms with Crippen molar-refractivity contribution in [2.75, 3.05) is 7.11 Å². The second-order valence-electron chi connectivity index (χ2n) is 5.33. The first-order valence-electron chi connectivity index (χ1n) is 7.66. The fraction of sp³-hybridized carbons (Fsp3) is 0.100. The van der Waals surface area contributed by atoms with Gasteiger partial charge in [-0.15, -0.1) is 0 Å². The Morgan fingerprint density at radius 2 is 1.79 bits per heavy atom. The quantitative estimate of drug-likeness (QED) is 0.526. The van der Waals surface area contributed by atoms with E-state index in [4.69, 9.17) is 4.74 Å². The third-order valence-electron chi connectivity index (χ3n) is 3.83. The smallest absolute Gasteiger partial charge is 0.189 e. The molecule has 3 rings (SSSR count). The molecule has 0 radical (unpaired) electrons. The van der Waals surface area contributed by atoms with Crippen LogP contribution in [0.5, 0.6) is 5.75 Å². The van der Waals surface area contributed by atoms with Gasteiger partial charge >= 0.3 is 0 Å². The van der Waals surface area contributed by atoms with Gasteiger partial charge in [-0.05, 0) is 37.3 Å². The molecule has 120 valence electrons. The molecular weight excluding hydrogens is 300 g/mol. The number of carbonyl (C=O) groups is 1. The van der Waals surface area contributed by atoms with Gasteiger partial charge in [0.05, 0.1) is 30.3 Å². The van der Waals surface area contributed by atoms with E-state index in [2.05, 4.69) is 5.10 Å². The summed E-state index contributed by atoms with van der Waals surface area (Å²) >= 11 is 0. The summed E-state index contributed by atoms with van der Waals surface area (Å²) in [6, 6.07) is 17.3. The standard InChI is InChI=1S/C20H18N2O2/c1-15-18(14-21-22(15)17-9-4-3-5-10-17)19(23)13-12-16-8-6-7-11-20(16)24-2/h3-14H,1-2H3/b13-12+. The highest BCUT2D eigenvalue weighted by atomic mass is 16.5. The zero-order valence-corrected chi connectivity index (χ0v) is 13.6. The molecule has 24 heavy (non-hydrogen) atoms. The minimum absolute atomic E-state index is 0.0828. The van der Waals surface area contributed by atoms with Crippen LogP contribution in [-0.4, -0.2) is 22.7 Å². The molecular formula is C20H18N2O2. The lowest BCUT2D eigenvalue weighted by Crippen LogP contribution is -2.01. The zero-order valence-electron chi connectivity index (χ0n) is 13.6. The Balaban J connectivity index is 1.86. The SMILES string of the molecule is COc1ccccc1/C=C/C(=O)c1cnn(-c2ccccc2)c1C. The van der Waals surface area contributed by atoms with Crippen LogP contribution in [0.1, 0.15) is 21.6 Å². The van der Waals surface area contributed by atoms with E-state index < -0.39 is 0 Å². The summed E-state index contributed by atoms with van der Waals surface area (Å²) in [5.74, 6) is 0.652. The van der Waals surface area contributed by atoms with Crippen molar-refractivity contribution in [2.24, 2.45) is 0 Å². The normalized spacial score (nSPS) is 10.9. The predicted octanol–water partition coefficient (Wildman–Crippen LogP) is 4.09. The average Bonchev–Trinajstić information content (AvgIpc) is 3.02. The van der Waals surface area contributed by atoms with Gasteiger partial charge < -0.3 is 4.74 Å². The van der Waals surface area contributed by atoms with Crippen LogP contribution >= 0.6 is 0 Å². The van der Waals surface area contributed by atoms with Crippen molar-refractivity contribution < 1.29 is 9.53 Å². The Kier molecular flexibility index (Phi) is 4.57. The largest absolute Gasteiger partial charge is 0.496 e. The van der Waals surface area contributed by atoms with Gasteiger partial charge in [0.15, 0.2) is 5.78 Å². The number of rotatable bonds is 5. The summed E-state index contributed by atoms with van der Waals surface area (Å²) in [5.41, 5.74) is 3.20. The monoisotopic (exact) mass is 318 g/mol. The van der Waals surface area contributed by atoms with Gasteiger partial charge in [0.2, 0.25) is 0 Å². The number of carbonyl (C=O) groups excluding carboxylic acids is 1. The highest BCUT2D eigenvalue weighted by Gasteiger charge is 2.13. The van der Waals surface area contributed by atoms with Gasteiger partial charge in [-0.3, -0.25) is 4.79 Å². The van der Waals surface area contributed by atoms with E-state index in [9.17, 15) is 4.79 Å². The first kappa shape index (κ1) is 15.7. The summed E-state index contributed by atoms with van der Waals surface area (Å²) < 4.78 is 7.06. The number of nitrogens with zero attached hydrogens (tertiary/aromatic N) is 2. The minimum Gasteiger partial charge on any atom is -0.496 e. The molecule has 0 aliphatic carbocycles. The molecule has 0 unspecified atom stereocenters. The molecule has 0 spiro atoms. The van der Waals surface area contributed by atoms with E-state index in [0.29, 0.717) is 5.56 Å². The zero-order chi connectivity index (χ0) is 16.9. The van der Waals surface area contributed by atoms with E-state index >= 15 is 0 Å². The molecule has 0 N–H and O–H groups in total. The number of ether oxygens (including phenoxy) is 1. The molecule has 3 aromatic rings. The molecule has 0 saturated heterocycles. The first-order valence-corrected chi connectivity index (χ1v) is 7.66. The van der Waals surface area contributed by atoms with Gasteiger partial charge in [0.25, 0.3) is 0 Å². The Bertz CT molecular complexity index is 880. The topological polar surface area (TPSA) is 44.1 Å². The van der Waals surface area contributed by atoms with Gasteiger partial charge in [-0.2, -0.15) is 5.10 Å². The van der Waals surface area contributed by atoms with Crippen molar-refractivity contribution in [3.63, 3.8) is 0 Å². The maximum absolute atomic E-state index is 12.5. The molecule has 0 saturated carbocycles. The van der Waals surface area contributed by atoms with Gasteiger partial charge in [0, 0.05) is 5.56 Å². The molecule has 0 aliphatic rings. The van der Waals surface area contributed by atoms with Crippen molar-refractivity contribution >= 4 is 11.9 Å². The summed E-state index contributed by atoms with van der Waals surface area (Å²) in [6.45, 7) is 1.89. The molecule has 1 aromatic heterocycles. The Morgan fingerprint density at radius 3 is 2.54 bits per heavy atom. The molecule has 0 amide bonds. The van der Waals surface area contributed by atoms with Crippen molar-refractivity contribution in [3.05, 3.63) is 83.7 Å². The molecule has 0 bridgehead atoms. The lowest BCUT2D eigenvalue weighted by Gasteiger charge is -2.04. The first-order chi connectivity index (χ1) is 11.7. The summed E-state index contributed by atoms with van der Waals surface area (Å²) in [4.78, 5) is 12.5. The molecule has 0 atom stereocenters. The molecule has 1 heterocycles. The van der Waals surface area contributed by atoms with Crippen LogP contribution in [0.3, 0.4) is 0 Å². The molecule has 0 fully saturated rings. The van der Waals surface area contributed by atoms with Crippen LogP contribution < -0.4 is 4.74 Å². The Hall–Kier alpha value is -3.14. The Morgan fingerprint density at radius 1 is 1.08 bits per heavy atom. The predicted molar refractivity (Wildman–Crippen MR) is 94.7 cm³/mol. The van der Waals surface area contributed by atoms with Crippen LogP contribution in [0.2, 0.25) is 0 Å². The molecule has 2 aromatic carbocycles. The highest BCUT2D eigenvalue weighted by Crippen LogP contribution is 2.20. The number of methoxy groups -OCH3 is 1. The number of benzene rings is 2. The fourth-order valence-electron chi connectivity index (χ4n) is 2.54. The van der Waals surface area contributed by atoms with Crippen molar-refractivity contribution in [2.45, 2.75) is 6.92 Å². The molecule has 0 aliphatic heterocycles. The second kappa shape index (κ2) is 6.96. The number of allylic oxidation sites excluding steroid dienone is 1. The summed E-state index contributed by atoms with van der Waals surface area (Å²) in [6.07, 6.45) is 4.93. The van der Waals surface area contributed by atoms with Gasteiger partial charge in [-0.1, -0.05) is 36.4 Å². The summed E-state index contributed by atoms with van der Waals surface area (Å²) in [5, 5.41) is 4.33. The maximum Gasteiger partial charge on any atom is 0.189 e. The van der Waals surface area contributed by atoms with Crippen LogP contribution in [0, 0.1) is 6.92 Å². The van der Waals surface area contributed by atoms with Crippen LogP contribution in [-0.2, 0) is 0 Å². The second-order valence-corrected chi connectivity index (χ2v) is 5.33. The summed E-state index contributed by atoms with van der Waals surface area (Å²) in [7, 11) is 1.61. The number of ketones is 1. The molecule has 4 heteroatoms. The lowest BCUT2D eigenvalue weighted by molar-refractivity contribution is 0.104. The lowest BCUT2D eigenvalue weighted by atomic mass is 10.1. The van der Waals surface area contributed by atoms with E-state index in [1.807, 2.05) is 61.5 Å². The number of para-hydroxylation sites is 2. The van der Waals surface area contributed by atoms with E-state index in [1.165, 1.54) is 0 Å². The van der Waals surface area contributed by atoms with Gasteiger partial charge in [-0.25, -0.2) is 4.68 Å². The minimum atomic E-state index is -0.0828. The van der Waals surface area contributed by atoms with Gasteiger partial charge in [0.1, 0.15) is 5.75 Å². The number of hydrogen-bond acceptors (Lipinski definition) is 3. The van der Waals surface area contributed by atoms with Crippen LogP contribution in [0.15, 0.2) is 66.9 Å². The van der Waals surface area contributed by atoms with Crippen LogP contribution in [0.25, 0.3) is 11.8 Å². The van der Waals surface area contributed by atoms with E-state index in [-0.39, 0.29) is 5.78 Å². The number of hydrogen-bond donors (Lipinski definition) is 0. The fourth-order valence-corrected chi connectivity index (χ4v) is 2.54. The Labute approximate surface area is 141 Å². The van der Waals surface area contributed by atoms with E-state index in [0.717, 1.165) is 22.7 Å². The molecule has 4 nitrogen and oxygen atoms in total. The average molecular weight is 318 g/mol. The van der Waals surface area contributed by atoms with Crippen molar-refractivity contribution in [3.8, 4) is 11.4 Å². The third-order valence-corrected chi connectivity index (χ3v) is 3.83. The van der Waals surface area contributed by atoms with Crippen molar-refractivity contribution in [1.29, 1.82) is 0 Å². The maximum atomic E-state index is 12.5.